The van der Waals surface area contributed by atoms with Crippen molar-refractivity contribution in [1.29, 1.82) is 0 Å². The third-order valence-electron chi connectivity index (χ3n) is 6.98. The Balaban J connectivity index is 1.10. The predicted molar refractivity (Wildman–Crippen MR) is 131 cm³/mol. The molecular formula is C28H28F3N3O3. The number of piperidine rings is 1. The number of carbonyl (C=O) groups excluding carboxylic acids is 1. The Morgan fingerprint density at radius 1 is 0.973 bits per heavy atom. The van der Waals surface area contributed by atoms with E-state index in [4.69, 9.17) is 9.47 Å². The number of hydrogen-bond donors (Lipinski definition) is 0. The summed E-state index contributed by atoms with van der Waals surface area (Å²) in [5.74, 6) is 1.42. The van der Waals surface area contributed by atoms with Crippen LogP contribution < -0.4 is 9.47 Å². The maximum absolute atomic E-state index is 12.9. The largest absolute Gasteiger partial charge is 0.457 e. The summed E-state index contributed by atoms with van der Waals surface area (Å²) >= 11 is 0. The second-order valence-corrected chi connectivity index (χ2v) is 9.97. The lowest BCUT2D eigenvalue weighted by molar-refractivity contribution is -0.137. The number of nitrogens with zero attached hydrogens (tertiary/aromatic N) is 3. The summed E-state index contributed by atoms with van der Waals surface area (Å²) in [6.45, 7) is 5.76. The zero-order valence-corrected chi connectivity index (χ0v) is 20.5. The number of ether oxygens (including phenoxy) is 2. The van der Waals surface area contributed by atoms with Crippen LogP contribution in [0.4, 0.5) is 18.0 Å². The molecule has 0 bridgehead atoms. The number of aromatic nitrogens is 1. The van der Waals surface area contributed by atoms with Crippen LogP contribution in [0.2, 0.25) is 0 Å². The Hall–Kier alpha value is -3.59. The second kappa shape index (κ2) is 10.0. The summed E-state index contributed by atoms with van der Waals surface area (Å²) in [6.07, 6.45) is -1.71. The molecule has 1 spiro atoms. The molecule has 0 N–H and O–H groups in total. The molecule has 0 atom stereocenters. The first-order valence-corrected chi connectivity index (χ1v) is 12.2. The van der Waals surface area contributed by atoms with Gasteiger partial charge in [0.2, 0.25) is 0 Å². The number of benzene rings is 2. The van der Waals surface area contributed by atoms with Crippen molar-refractivity contribution in [3.8, 4) is 17.2 Å². The molecule has 3 heterocycles. The van der Waals surface area contributed by atoms with Crippen molar-refractivity contribution >= 4 is 6.09 Å². The van der Waals surface area contributed by atoms with E-state index in [-0.39, 0.29) is 11.2 Å². The van der Waals surface area contributed by atoms with E-state index in [1.54, 1.807) is 4.90 Å². The molecule has 0 radical (unpaired) electrons. The maximum Gasteiger partial charge on any atom is 0.418 e. The van der Waals surface area contributed by atoms with Crippen molar-refractivity contribution in [2.75, 3.05) is 26.2 Å². The summed E-state index contributed by atoms with van der Waals surface area (Å²) < 4.78 is 49.8. The van der Waals surface area contributed by atoms with Crippen LogP contribution in [0.5, 0.6) is 17.2 Å². The van der Waals surface area contributed by atoms with Gasteiger partial charge >= 0.3 is 12.3 Å². The summed E-state index contributed by atoms with van der Waals surface area (Å²) in [6, 6.07) is 16.9. The van der Waals surface area contributed by atoms with Crippen LogP contribution >= 0.6 is 0 Å². The fourth-order valence-electron chi connectivity index (χ4n) is 5.07. The number of pyridine rings is 1. The van der Waals surface area contributed by atoms with Gasteiger partial charge in [0.05, 0.1) is 11.8 Å². The summed E-state index contributed by atoms with van der Waals surface area (Å²) in [5, 5.41) is 0. The second-order valence-electron chi connectivity index (χ2n) is 9.97. The fraction of sp³-hybridized carbons (Fsp3) is 0.357. The monoisotopic (exact) mass is 511 g/mol. The van der Waals surface area contributed by atoms with Crippen molar-refractivity contribution in [1.82, 2.24) is 14.8 Å². The average Bonchev–Trinajstić information content (AvgIpc) is 2.83. The van der Waals surface area contributed by atoms with E-state index in [1.165, 1.54) is 5.56 Å². The van der Waals surface area contributed by atoms with E-state index in [2.05, 4.69) is 22.0 Å². The SMILES string of the molecule is Cc1cccc(Oc2cccc(CN3CC4(CCN(C(=O)Oc5cncc(C(F)(F)F)c5)CC4)C3)c2)c1. The Kier molecular flexibility index (Phi) is 6.81. The van der Waals surface area contributed by atoms with Gasteiger partial charge in [-0.05, 0) is 66.6 Å². The van der Waals surface area contributed by atoms with Crippen LogP contribution in [0.3, 0.4) is 0 Å². The zero-order chi connectivity index (χ0) is 26.0. The molecular weight excluding hydrogens is 483 g/mol. The van der Waals surface area contributed by atoms with E-state index in [0.717, 1.165) is 61.8 Å². The Morgan fingerprint density at radius 3 is 2.38 bits per heavy atom. The van der Waals surface area contributed by atoms with E-state index < -0.39 is 17.8 Å². The molecule has 194 valence electrons. The predicted octanol–water partition coefficient (Wildman–Crippen LogP) is 6.30. The molecule has 2 aliphatic rings. The van der Waals surface area contributed by atoms with E-state index in [1.807, 2.05) is 43.3 Å². The molecule has 2 aromatic carbocycles. The Labute approximate surface area is 213 Å². The molecule has 2 fully saturated rings. The maximum atomic E-state index is 12.9. The molecule has 6 nitrogen and oxygen atoms in total. The molecule has 2 aliphatic heterocycles. The molecule has 3 aromatic rings. The van der Waals surface area contributed by atoms with Gasteiger partial charge in [-0.25, -0.2) is 4.79 Å². The first-order chi connectivity index (χ1) is 17.7. The molecule has 0 aliphatic carbocycles. The van der Waals surface area contributed by atoms with Gasteiger partial charge < -0.3 is 14.4 Å². The number of aryl methyl sites for hydroxylation is 1. The minimum Gasteiger partial charge on any atom is -0.457 e. The van der Waals surface area contributed by atoms with Crippen molar-refractivity contribution in [3.05, 3.63) is 83.7 Å². The van der Waals surface area contributed by atoms with Crippen LogP contribution in [0, 0.1) is 12.3 Å². The first kappa shape index (κ1) is 25.1. The fourth-order valence-corrected chi connectivity index (χ4v) is 5.07. The number of hydrogen-bond acceptors (Lipinski definition) is 5. The van der Waals surface area contributed by atoms with Crippen molar-refractivity contribution in [3.63, 3.8) is 0 Å². The normalized spacial score (nSPS) is 17.4. The first-order valence-electron chi connectivity index (χ1n) is 12.2. The lowest BCUT2D eigenvalue weighted by Crippen LogP contribution is -2.60. The van der Waals surface area contributed by atoms with Crippen LogP contribution in [0.25, 0.3) is 0 Å². The highest BCUT2D eigenvalue weighted by molar-refractivity contribution is 5.70. The lowest BCUT2D eigenvalue weighted by Gasteiger charge is -2.54. The van der Waals surface area contributed by atoms with Gasteiger partial charge in [-0.15, -0.1) is 0 Å². The number of halogens is 3. The third-order valence-corrected chi connectivity index (χ3v) is 6.98. The lowest BCUT2D eigenvalue weighted by atomic mass is 9.72. The van der Waals surface area contributed by atoms with Gasteiger partial charge in [0.1, 0.15) is 11.5 Å². The van der Waals surface area contributed by atoms with Gasteiger partial charge in [-0.1, -0.05) is 24.3 Å². The molecule has 9 heteroatoms. The van der Waals surface area contributed by atoms with Gasteiger partial charge in [0, 0.05) is 38.9 Å². The van der Waals surface area contributed by atoms with Crippen LogP contribution in [-0.4, -0.2) is 47.1 Å². The summed E-state index contributed by atoms with van der Waals surface area (Å²) in [5.41, 5.74) is 1.53. The summed E-state index contributed by atoms with van der Waals surface area (Å²) in [4.78, 5) is 20.0. The molecule has 1 amide bonds. The highest BCUT2D eigenvalue weighted by Gasteiger charge is 2.45. The Morgan fingerprint density at radius 2 is 1.68 bits per heavy atom. The number of amides is 1. The van der Waals surface area contributed by atoms with Crippen molar-refractivity contribution < 1.29 is 27.4 Å². The Bertz CT molecular complexity index is 1260. The molecule has 2 saturated heterocycles. The highest BCUT2D eigenvalue weighted by Crippen LogP contribution is 2.41. The number of rotatable bonds is 5. The quantitative estimate of drug-likeness (QED) is 0.403. The van der Waals surface area contributed by atoms with E-state index in [0.29, 0.717) is 19.3 Å². The summed E-state index contributed by atoms with van der Waals surface area (Å²) in [7, 11) is 0. The molecule has 0 unspecified atom stereocenters. The molecule has 5 rings (SSSR count). The topological polar surface area (TPSA) is 54.9 Å². The van der Waals surface area contributed by atoms with Crippen LogP contribution in [0.1, 0.15) is 29.5 Å². The van der Waals surface area contributed by atoms with Crippen molar-refractivity contribution in [2.45, 2.75) is 32.5 Å². The number of carbonyl (C=O) groups is 1. The van der Waals surface area contributed by atoms with Gasteiger partial charge in [-0.3, -0.25) is 9.88 Å². The van der Waals surface area contributed by atoms with E-state index in [9.17, 15) is 18.0 Å². The minimum atomic E-state index is -4.54. The smallest absolute Gasteiger partial charge is 0.418 e. The van der Waals surface area contributed by atoms with Gasteiger partial charge in [0.25, 0.3) is 0 Å². The zero-order valence-electron chi connectivity index (χ0n) is 20.5. The van der Waals surface area contributed by atoms with E-state index >= 15 is 0 Å². The number of likely N-dealkylation sites (tertiary alicyclic amines) is 2. The minimum absolute atomic E-state index is 0.157. The van der Waals surface area contributed by atoms with Crippen molar-refractivity contribution in [2.24, 2.45) is 5.41 Å². The number of alkyl halides is 3. The van der Waals surface area contributed by atoms with Gasteiger partial charge in [0.15, 0.2) is 5.75 Å². The third kappa shape index (κ3) is 6.05. The molecule has 1 aromatic heterocycles. The molecule has 0 saturated carbocycles. The average molecular weight is 512 g/mol. The standard InChI is InChI=1S/C28H28F3N3O3/c1-20-4-2-6-23(12-20)36-24-7-3-5-21(13-24)17-33-18-27(19-33)8-10-34(11-9-27)26(35)37-25-14-22(15-32-16-25)28(29,30)31/h2-7,12-16H,8-11,17-19H2,1H3. The van der Waals surface area contributed by atoms with Crippen LogP contribution in [-0.2, 0) is 12.7 Å². The van der Waals surface area contributed by atoms with Crippen LogP contribution in [0.15, 0.2) is 67.0 Å². The highest BCUT2D eigenvalue weighted by atomic mass is 19.4. The molecule has 37 heavy (non-hydrogen) atoms. The van der Waals surface area contributed by atoms with Gasteiger partial charge in [-0.2, -0.15) is 13.2 Å².